The van der Waals surface area contributed by atoms with Gasteiger partial charge < -0.3 is 15.2 Å². The minimum atomic E-state index is -0.725. The minimum Gasteiger partial charge on any atom is -0.444 e. The Hall–Kier alpha value is -1.81. The molecular weight excluding hydrogens is 266 g/mol. The third-order valence-corrected chi connectivity index (χ3v) is 2.87. The van der Waals surface area contributed by atoms with Crippen LogP contribution in [0.3, 0.4) is 0 Å². The molecule has 0 aliphatic heterocycles. The number of fused-ring (bicyclic) bond motifs is 1. The summed E-state index contributed by atoms with van der Waals surface area (Å²) in [5.41, 5.74) is 7.15. The van der Waals surface area contributed by atoms with Crippen LogP contribution in [0, 0.1) is 0 Å². The van der Waals surface area contributed by atoms with Crippen molar-refractivity contribution in [3.63, 3.8) is 0 Å². The van der Waals surface area contributed by atoms with Crippen LogP contribution in [-0.2, 0) is 22.3 Å². The number of benzene rings is 1. The van der Waals surface area contributed by atoms with Gasteiger partial charge in [-0.05, 0) is 44.7 Å². The first-order valence-electron chi connectivity index (χ1n) is 7.09. The second-order valence-electron chi connectivity index (χ2n) is 5.95. The summed E-state index contributed by atoms with van der Waals surface area (Å²) in [6.07, 6.45) is 3.57. The van der Waals surface area contributed by atoms with Crippen molar-refractivity contribution in [2.75, 3.05) is 6.61 Å². The molecular formula is C17H25NO3. The van der Waals surface area contributed by atoms with E-state index in [1.54, 1.807) is 20.8 Å². The number of primary amides is 1. The van der Waals surface area contributed by atoms with Gasteiger partial charge in [-0.15, -0.1) is 6.58 Å². The predicted molar refractivity (Wildman–Crippen MR) is 84.2 cm³/mol. The van der Waals surface area contributed by atoms with Gasteiger partial charge in [0, 0.05) is 0 Å². The van der Waals surface area contributed by atoms with Gasteiger partial charge in [0.2, 0.25) is 0 Å². The molecule has 21 heavy (non-hydrogen) atoms. The van der Waals surface area contributed by atoms with Gasteiger partial charge in [-0.1, -0.05) is 30.3 Å². The van der Waals surface area contributed by atoms with E-state index in [1.165, 1.54) is 11.1 Å². The van der Waals surface area contributed by atoms with Crippen molar-refractivity contribution in [1.82, 2.24) is 0 Å². The van der Waals surface area contributed by atoms with E-state index in [4.69, 9.17) is 10.5 Å². The van der Waals surface area contributed by atoms with E-state index in [-0.39, 0.29) is 0 Å². The number of carbonyl (C=O) groups excluding carboxylic acids is 1. The molecule has 4 heteroatoms. The van der Waals surface area contributed by atoms with E-state index in [9.17, 15) is 4.79 Å². The normalized spacial score (nSPS) is 13.9. The van der Waals surface area contributed by atoms with Crippen molar-refractivity contribution in [2.24, 2.45) is 5.73 Å². The summed E-state index contributed by atoms with van der Waals surface area (Å²) in [5, 5.41) is 0. The predicted octanol–water partition coefficient (Wildman–Crippen LogP) is 3.24. The molecule has 1 aromatic carbocycles. The number of rotatable bonds is 3. The molecule has 0 bridgehead atoms. The number of amides is 1. The fourth-order valence-corrected chi connectivity index (χ4v) is 2.14. The van der Waals surface area contributed by atoms with Gasteiger partial charge in [0.25, 0.3) is 0 Å². The Morgan fingerprint density at radius 2 is 1.86 bits per heavy atom. The second kappa shape index (κ2) is 7.84. The van der Waals surface area contributed by atoms with Crippen molar-refractivity contribution in [3.05, 3.63) is 48.0 Å². The van der Waals surface area contributed by atoms with Crippen molar-refractivity contribution < 1.29 is 14.3 Å². The van der Waals surface area contributed by atoms with E-state index in [1.807, 2.05) is 6.08 Å². The number of hydrogen-bond acceptors (Lipinski definition) is 3. The summed E-state index contributed by atoms with van der Waals surface area (Å²) >= 11 is 0. The lowest BCUT2D eigenvalue weighted by molar-refractivity contribution is 0.0600. The van der Waals surface area contributed by atoms with Crippen molar-refractivity contribution in [2.45, 2.75) is 45.3 Å². The van der Waals surface area contributed by atoms with Crippen LogP contribution in [0.1, 0.15) is 31.9 Å². The Balaban J connectivity index is 0.000000240. The van der Waals surface area contributed by atoms with Crippen LogP contribution in [0.4, 0.5) is 4.79 Å². The number of carbonyl (C=O) groups is 1. The standard InChI is InChI=1S/C12H14O.C5H11NO2/c1-2-7-13-12-8-10-5-3-4-6-11(10)9-12;1-5(2,3)8-4(6)7/h2-6,12H,1,7-9H2;1-3H3,(H2,6,7). The summed E-state index contributed by atoms with van der Waals surface area (Å²) in [6.45, 7) is 9.60. The molecule has 1 amide bonds. The first kappa shape index (κ1) is 17.2. The monoisotopic (exact) mass is 291 g/mol. The molecule has 1 aliphatic rings. The Kier molecular flexibility index (Phi) is 6.43. The maximum atomic E-state index is 10.0. The SMILES string of the molecule is C=CCOC1Cc2ccccc2C1.CC(C)(C)OC(N)=O. The molecule has 0 saturated heterocycles. The van der Waals surface area contributed by atoms with Gasteiger partial charge >= 0.3 is 6.09 Å². The highest BCUT2D eigenvalue weighted by Gasteiger charge is 2.20. The van der Waals surface area contributed by atoms with Gasteiger partial charge in [-0.25, -0.2) is 4.79 Å². The van der Waals surface area contributed by atoms with Crippen LogP contribution >= 0.6 is 0 Å². The van der Waals surface area contributed by atoms with Crippen LogP contribution in [0.5, 0.6) is 0 Å². The van der Waals surface area contributed by atoms with Gasteiger partial charge in [0.1, 0.15) is 5.60 Å². The molecule has 0 heterocycles. The lowest BCUT2D eigenvalue weighted by atomic mass is 10.1. The Morgan fingerprint density at radius 3 is 2.19 bits per heavy atom. The molecule has 0 atom stereocenters. The maximum Gasteiger partial charge on any atom is 0.405 e. The van der Waals surface area contributed by atoms with Gasteiger partial charge in [-0.2, -0.15) is 0 Å². The highest BCUT2D eigenvalue weighted by Crippen LogP contribution is 2.23. The van der Waals surface area contributed by atoms with E-state index >= 15 is 0 Å². The Bertz CT molecular complexity index is 452. The molecule has 0 fully saturated rings. The molecule has 0 spiro atoms. The molecule has 2 N–H and O–H groups in total. The minimum absolute atomic E-state index is 0.371. The summed E-state index contributed by atoms with van der Waals surface area (Å²) in [6, 6.07) is 8.56. The summed E-state index contributed by atoms with van der Waals surface area (Å²) < 4.78 is 10.2. The zero-order valence-corrected chi connectivity index (χ0v) is 13.1. The number of nitrogens with two attached hydrogens (primary N) is 1. The first-order valence-corrected chi connectivity index (χ1v) is 7.09. The molecule has 0 saturated carbocycles. The molecule has 1 aliphatic carbocycles. The van der Waals surface area contributed by atoms with Crippen molar-refractivity contribution in [3.8, 4) is 0 Å². The maximum absolute atomic E-state index is 10.0. The summed E-state index contributed by atoms with van der Waals surface area (Å²) in [7, 11) is 0. The van der Waals surface area contributed by atoms with Gasteiger partial charge in [0.05, 0.1) is 12.7 Å². The lowest BCUT2D eigenvalue weighted by Crippen LogP contribution is -2.27. The smallest absolute Gasteiger partial charge is 0.405 e. The largest absolute Gasteiger partial charge is 0.444 e. The van der Waals surface area contributed by atoms with Crippen LogP contribution in [0.2, 0.25) is 0 Å². The molecule has 1 aromatic rings. The number of ether oxygens (including phenoxy) is 2. The van der Waals surface area contributed by atoms with E-state index in [0.29, 0.717) is 12.7 Å². The average Bonchev–Trinajstić information content (AvgIpc) is 2.76. The average molecular weight is 291 g/mol. The Labute approximate surface area is 126 Å². The van der Waals surface area contributed by atoms with Gasteiger partial charge in [-0.3, -0.25) is 0 Å². The van der Waals surface area contributed by atoms with Crippen LogP contribution in [0.25, 0.3) is 0 Å². The lowest BCUT2D eigenvalue weighted by Gasteiger charge is -2.16. The molecule has 4 nitrogen and oxygen atoms in total. The first-order chi connectivity index (χ1) is 9.81. The third-order valence-electron chi connectivity index (χ3n) is 2.87. The molecule has 2 rings (SSSR count). The van der Waals surface area contributed by atoms with Crippen LogP contribution < -0.4 is 5.73 Å². The van der Waals surface area contributed by atoms with E-state index < -0.39 is 11.7 Å². The zero-order valence-electron chi connectivity index (χ0n) is 13.1. The van der Waals surface area contributed by atoms with E-state index in [0.717, 1.165) is 12.8 Å². The molecule has 116 valence electrons. The highest BCUT2D eigenvalue weighted by molar-refractivity contribution is 5.65. The van der Waals surface area contributed by atoms with Crippen molar-refractivity contribution in [1.29, 1.82) is 0 Å². The Morgan fingerprint density at radius 1 is 1.33 bits per heavy atom. The molecule has 0 radical (unpaired) electrons. The molecule has 0 unspecified atom stereocenters. The fraction of sp³-hybridized carbons (Fsp3) is 0.471. The zero-order chi connectivity index (χ0) is 15.9. The third kappa shape index (κ3) is 6.95. The van der Waals surface area contributed by atoms with E-state index in [2.05, 4.69) is 35.6 Å². The highest BCUT2D eigenvalue weighted by atomic mass is 16.6. The topological polar surface area (TPSA) is 61.6 Å². The fourth-order valence-electron chi connectivity index (χ4n) is 2.14. The van der Waals surface area contributed by atoms with Gasteiger partial charge in [0.15, 0.2) is 0 Å². The van der Waals surface area contributed by atoms with Crippen molar-refractivity contribution >= 4 is 6.09 Å². The summed E-state index contributed by atoms with van der Waals surface area (Å²) in [5.74, 6) is 0. The quantitative estimate of drug-likeness (QED) is 0.870. The van der Waals surface area contributed by atoms with Crippen LogP contribution in [-0.4, -0.2) is 24.4 Å². The number of hydrogen-bond donors (Lipinski definition) is 1. The second-order valence-corrected chi connectivity index (χ2v) is 5.95. The molecule has 0 aromatic heterocycles. The summed E-state index contributed by atoms with van der Waals surface area (Å²) in [4.78, 5) is 10.0. The van der Waals surface area contributed by atoms with Crippen LogP contribution in [0.15, 0.2) is 36.9 Å².